The molecule has 1 atom stereocenters. The van der Waals surface area contributed by atoms with Gasteiger partial charge in [0.05, 0.1) is 20.5 Å². The van der Waals surface area contributed by atoms with Gasteiger partial charge in [0.1, 0.15) is 0 Å². The molecule has 0 aliphatic heterocycles. The fourth-order valence-electron chi connectivity index (χ4n) is 2.85. The summed E-state index contributed by atoms with van der Waals surface area (Å²) in [6.45, 7) is 2.22. The maximum Gasteiger partial charge on any atom is 2.00 e. The number of aliphatic hydroxyl groups is 1. The van der Waals surface area contributed by atoms with Gasteiger partial charge in [-0.2, -0.15) is 0 Å². The van der Waals surface area contributed by atoms with E-state index >= 15 is 0 Å². The van der Waals surface area contributed by atoms with Gasteiger partial charge in [0, 0.05) is 0 Å². The Morgan fingerprint density at radius 2 is 1.20 bits per heavy atom. The van der Waals surface area contributed by atoms with E-state index in [-0.39, 0.29) is 32.2 Å². The Labute approximate surface area is 167 Å². The molecule has 146 valence electrons. The molecule has 1 unspecified atom stereocenters. The Morgan fingerprint density at radius 3 is 1.64 bits per heavy atom. The molecule has 0 aromatic rings. The molecule has 0 bridgehead atoms. The molecule has 0 aliphatic carbocycles. The van der Waals surface area contributed by atoms with Gasteiger partial charge in [0.25, 0.3) is 0 Å². The van der Waals surface area contributed by atoms with E-state index in [0.29, 0.717) is 6.42 Å². The zero-order valence-electron chi connectivity index (χ0n) is 16.1. The molecule has 0 radical (unpaired) electrons. The summed E-state index contributed by atoms with van der Waals surface area (Å²) in [6.07, 6.45) is 16.4. The fourth-order valence-corrected chi connectivity index (χ4v) is 3.20. The van der Waals surface area contributed by atoms with Gasteiger partial charge in [0.15, 0.2) is 0 Å². The van der Waals surface area contributed by atoms with Crippen LogP contribution in [-0.2, 0) is 28.6 Å². The third-order valence-electron chi connectivity index (χ3n) is 4.32. The Morgan fingerprint density at radius 1 is 0.800 bits per heavy atom. The van der Waals surface area contributed by atoms with Crippen molar-refractivity contribution in [3.63, 3.8) is 0 Å². The maximum absolute atomic E-state index is 10.2. The molecule has 25 heavy (non-hydrogen) atoms. The molecule has 0 aliphatic rings. The van der Waals surface area contributed by atoms with Gasteiger partial charge in [0.2, 0.25) is 0 Å². The molecule has 0 rings (SSSR count). The third-order valence-corrected chi connectivity index (χ3v) is 4.82. The van der Waals surface area contributed by atoms with Crippen LogP contribution in [0.5, 0.6) is 0 Å². The molecule has 0 amide bonds. The zero-order valence-corrected chi connectivity index (χ0v) is 20.0. The molecule has 0 aromatic heterocycles. The van der Waals surface area contributed by atoms with E-state index in [0.717, 1.165) is 44.9 Å². The van der Waals surface area contributed by atoms with Gasteiger partial charge in [-0.05, 0) is 19.3 Å². The van der Waals surface area contributed by atoms with Gasteiger partial charge in [-0.15, -0.1) is 0 Å². The quantitative estimate of drug-likeness (QED) is 0.201. The van der Waals surface area contributed by atoms with Crippen molar-refractivity contribution in [2.24, 2.45) is 0 Å². The molecule has 0 saturated heterocycles. The number of aliphatic hydroxyl groups excluding tert-OH is 1. The van der Waals surface area contributed by atoms with Crippen molar-refractivity contribution >= 4 is 7.82 Å². The van der Waals surface area contributed by atoms with Crippen molar-refractivity contribution in [3.8, 4) is 0 Å². The first-order chi connectivity index (χ1) is 11.5. The SMILES string of the molecule is CCCCCCC(O)CCCCCCCCCCCOP(=O)([O-])[O-].[Zn+2]. The molecule has 0 heterocycles. The van der Waals surface area contributed by atoms with Crippen molar-refractivity contribution in [1.82, 2.24) is 0 Å². The zero-order chi connectivity index (χ0) is 18.1. The van der Waals surface area contributed by atoms with E-state index in [4.69, 9.17) is 0 Å². The van der Waals surface area contributed by atoms with Crippen molar-refractivity contribution in [2.75, 3.05) is 6.61 Å². The van der Waals surface area contributed by atoms with Crippen molar-refractivity contribution in [1.29, 1.82) is 0 Å². The van der Waals surface area contributed by atoms with Crippen molar-refractivity contribution in [3.05, 3.63) is 0 Å². The van der Waals surface area contributed by atoms with Gasteiger partial charge in [-0.1, -0.05) is 84.0 Å². The van der Waals surface area contributed by atoms with Crippen LogP contribution in [0.3, 0.4) is 0 Å². The average Bonchev–Trinajstić information content (AvgIpc) is 2.51. The van der Waals surface area contributed by atoms with E-state index in [1.54, 1.807) is 0 Å². The van der Waals surface area contributed by atoms with Crippen LogP contribution in [0.25, 0.3) is 0 Å². The summed E-state index contributed by atoms with van der Waals surface area (Å²) >= 11 is 0. The summed E-state index contributed by atoms with van der Waals surface area (Å²) < 4.78 is 14.4. The molecular formula is C18H37O5PZn. The monoisotopic (exact) mass is 428 g/mol. The van der Waals surface area contributed by atoms with E-state index < -0.39 is 7.82 Å². The Bertz CT molecular complexity index is 312. The summed E-state index contributed by atoms with van der Waals surface area (Å²) in [5.41, 5.74) is 0. The van der Waals surface area contributed by atoms with Crippen molar-refractivity contribution < 1.29 is 43.5 Å². The van der Waals surface area contributed by atoms with Crippen LogP contribution in [0.15, 0.2) is 0 Å². The second kappa shape index (κ2) is 19.5. The molecule has 5 nitrogen and oxygen atoms in total. The smallest absolute Gasteiger partial charge is 0.790 e. The summed E-state index contributed by atoms with van der Waals surface area (Å²) in [5, 5.41) is 9.88. The molecule has 7 heteroatoms. The first-order valence-corrected chi connectivity index (χ1v) is 11.3. The molecule has 0 aromatic carbocycles. The number of phosphoric ester groups is 1. The largest absolute Gasteiger partial charge is 2.00 e. The molecule has 1 N–H and O–H groups in total. The number of hydrogen-bond donors (Lipinski definition) is 1. The van der Waals surface area contributed by atoms with Crippen LogP contribution in [0, 0.1) is 0 Å². The minimum atomic E-state index is -4.78. The predicted octanol–water partition coefficient (Wildman–Crippen LogP) is 4.06. The van der Waals surface area contributed by atoms with E-state index in [9.17, 15) is 19.5 Å². The predicted molar refractivity (Wildman–Crippen MR) is 94.5 cm³/mol. The van der Waals surface area contributed by atoms with E-state index in [1.165, 1.54) is 44.9 Å². The van der Waals surface area contributed by atoms with Crippen LogP contribution in [-0.4, -0.2) is 17.8 Å². The summed E-state index contributed by atoms with van der Waals surface area (Å²) in [5.74, 6) is 0. The molecule has 0 saturated carbocycles. The standard InChI is InChI=1S/C18H39O5P.Zn/c1-2-3-4-12-15-18(19)16-13-10-8-6-5-7-9-11-14-17-23-24(20,21)22;/h18-19H,2-17H2,1H3,(H2,20,21,22);/q;+2/p-2. The minimum absolute atomic E-state index is 0. The number of phosphoric acid groups is 1. The van der Waals surface area contributed by atoms with Gasteiger partial charge >= 0.3 is 19.5 Å². The summed E-state index contributed by atoms with van der Waals surface area (Å²) in [4.78, 5) is 20.5. The third kappa shape index (κ3) is 24.7. The van der Waals surface area contributed by atoms with Gasteiger partial charge < -0.3 is 24.0 Å². The van der Waals surface area contributed by atoms with Gasteiger partial charge in [-0.25, -0.2) is 0 Å². The number of hydrogen-bond acceptors (Lipinski definition) is 5. The fraction of sp³-hybridized carbons (Fsp3) is 1.00. The molecular weight excluding hydrogens is 393 g/mol. The number of rotatable bonds is 18. The number of unbranched alkanes of at least 4 members (excludes halogenated alkanes) is 11. The maximum atomic E-state index is 10.2. The van der Waals surface area contributed by atoms with Crippen molar-refractivity contribution in [2.45, 2.75) is 109 Å². The first kappa shape index (κ1) is 27.9. The van der Waals surface area contributed by atoms with Crippen LogP contribution in [0.4, 0.5) is 0 Å². The Kier molecular flexibility index (Phi) is 21.7. The topological polar surface area (TPSA) is 92.7 Å². The average molecular weight is 430 g/mol. The second-order valence-corrected chi connectivity index (χ2v) is 7.91. The first-order valence-electron chi connectivity index (χ1n) is 9.80. The Hall–Kier alpha value is 0.693. The van der Waals surface area contributed by atoms with Crippen LogP contribution in [0.2, 0.25) is 0 Å². The summed E-state index contributed by atoms with van der Waals surface area (Å²) in [7, 11) is -4.78. The second-order valence-electron chi connectivity index (χ2n) is 6.75. The Balaban J connectivity index is 0. The van der Waals surface area contributed by atoms with Crippen LogP contribution < -0.4 is 9.79 Å². The van der Waals surface area contributed by atoms with Crippen LogP contribution >= 0.6 is 7.82 Å². The molecule has 0 fully saturated rings. The summed E-state index contributed by atoms with van der Waals surface area (Å²) in [6, 6.07) is 0. The van der Waals surface area contributed by atoms with E-state index in [1.807, 2.05) is 0 Å². The van der Waals surface area contributed by atoms with Gasteiger partial charge in [-0.3, -0.25) is 0 Å². The normalized spacial score (nSPS) is 12.8. The molecule has 0 spiro atoms. The minimum Gasteiger partial charge on any atom is -0.790 e. The van der Waals surface area contributed by atoms with E-state index in [2.05, 4.69) is 11.4 Å². The van der Waals surface area contributed by atoms with Crippen LogP contribution in [0.1, 0.15) is 103 Å².